The third kappa shape index (κ3) is 15.2. The fraction of sp³-hybridized carbons (Fsp3) is 0.250. The largest absolute Gasteiger partial charge is 1.00 e. The number of hydrogen-bond acceptors (Lipinski definition) is 0. The minimum Gasteiger partial charge on any atom is -0.194 e. The molecule has 0 radical (unpaired) electrons. The number of halogens is 24. The Kier molecular flexibility index (Phi) is 21.7. The van der Waals surface area contributed by atoms with Crippen molar-refractivity contribution in [2.45, 2.75) is 17.1 Å². The van der Waals surface area contributed by atoms with Crippen LogP contribution in [0.2, 0.25) is 0 Å². The van der Waals surface area contributed by atoms with E-state index in [0.717, 1.165) is 66.4 Å². The molecule has 0 unspecified atom stereocenters. The second kappa shape index (κ2) is 21.3. The predicted molar refractivity (Wildman–Crippen MR) is 339 cm³/mol. The van der Waals surface area contributed by atoms with Gasteiger partial charge < -0.3 is 0 Å². The van der Waals surface area contributed by atoms with Gasteiger partial charge in [0.1, 0.15) is 6.15 Å². The topological polar surface area (TPSA) is 0 Å². The second-order valence-electron chi connectivity index (χ2n) is 12.2. The van der Waals surface area contributed by atoms with Crippen LogP contribution < -0.4 is 21.9 Å². The Bertz CT molecular complexity index is 1700. The SMILES string of the molecule is BrC(Br)(Br)c1cc([B-](c2cc(C(Br)(Br)Br)cc(C(Br)(Br)Br)c2)(c2cc(C(Br)(Br)Br)cc(C(Br)(Br)Br)c2)c2cc(C(Br)(Br)Br)cc(C(Br)(Br)Br)c2)cc(C(Br)(Br)Br)c1.[H+]. The Balaban J connectivity index is 0.00000900. The third-order valence-electron chi connectivity index (χ3n) is 8.44. The van der Waals surface area contributed by atoms with Crippen LogP contribution in [0.1, 0.15) is 45.9 Å². The first-order valence-electron chi connectivity index (χ1n) is 14.6. The fourth-order valence-corrected chi connectivity index (χ4v) is 11.6. The van der Waals surface area contributed by atoms with E-state index in [1.54, 1.807) is 0 Å². The van der Waals surface area contributed by atoms with Crippen molar-refractivity contribution < 1.29 is 1.43 Å². The molecule has 0 aromatic heterocycles. The Morgan fingerprint density at radius 2 is 0.316 bits per heavy atom. The molecular weight excluding hydrogens is 2310 g/mol. The first-order valence-corrected chi connectivity index (χ1v) is 33.7. The summed E-state index contributed by atoms with van der Waals surface area (Å²) in [6.07, 6.45) is -2.30. The van der Waals surface area contributed by atoms with Crippen LogP contribution in [0, 0.1) is 0 Å². The molecule has 0 saturated heterocycles. The molecule has 0 spiro atoms. The number of alkyl halides is 24. The van der Waals surface area contributed by atoms with Gasteiger partial charge in [0, 0.05) is 0 Å². The lowest BCUT2D eigenvalue weighted by Crippen LogP contribution is -2.75. The lowest BCUT2D eigenvalue weighted by atomic mass is 9.12. The van der Waals surface area contributed by atoms with Crippen molar-refractivity contribution >= 4 is 410 Å². The van der Waals surface area contributed by atoms with E-state index in [1.165, 1.54) is 0 Å². The highest BCUT2D eigenvalue weighted by molar-refractivity contribution is 9.41. The lowest BCUT2D eigenvalue weighted by Gasteiger charge is -2.47. The predicted octanol–water partition coefficient (Wildman–Crippen LogP) is 21.5. The molecule has 0 atom stereocenters. The molecule has 0 aliphatic rings. The Labute approximate surface area is 534 Å². The maximum Gasteiger partial charge on any atom is 1.00 e. The lowest BCUT2D eigenvalue weighted by molar-refractivity contribution is 1.28. The molecule has 0 fully saturated rings. The van der Waals surface area contributed by atoms with Gasteiger partial charge in [-0.2, -0.15) is 21.9 Å². The molecule has 0 saturated carbocycles. The van der Waals surface area contributed by atoms with Gasteiger partial charge in [0.15, 0.2) is 17.1 Å². The highest BCUT2D eigenvalue weighted by atomic mass is 80.0. The number of rotatable bonds is 4. The molecule has 0 amide bonds. The Morgan fingerprint density at radius 1 is 0.211 bits per heavy atom. The first kappa shape index (κ1) is 58.0. The average molecular weight is 2330 g/mol. The van der Waals surface area contributed by atoms with Gasteiger partial charge >= 0.3 is 1.43 Å². The van der Waals surface area contributed by atoms with Crippen LogP contribution in [0.25, 0.3) is 0 Å². The Morgan fingerprint density at radius 3 is 0.404 bits per heavy atom. The van der Waals surface area contributed by atoms with E-state index in [1.807, 2.05) is 0 Å². The van der Waals surface area contributed by atoms with Crippen LogP contribution >= 0.6 is 382 Å². The van der Waals surface area contributed by atoms with E-state index in [-0.39, 0.29) is 1.43 Å². The van der Waals surface area contributed by atoms with Crippen molar-refractivity contribution in [1.82, 2.24) is 0 Å². The molecule has 0 N–H and O–H groups in total. The van der Waals surface area contributed by atoms with Crippen molar-refractivity contribution in [2.75, 3.05) is 0 Å². The van der Waals surface area contributed by atoms with Crippen LogP contribution in [0.15, 0.2) is 72.8 Å². The normalized spacial score (nSPS) is 14.3. The summed E-state index contributed by atoms with van der Waals surface area (Å²) in [4.78, 5) is 0. The highest BCUT2D eigenvalue weighted by Gasteiger charge is 2.41. The van der Waals surface area contributed by atoms with E-state index in [0.29, 0.717) is 0 Å². The van der Waals surface area contributed by atoms with Gasteiger partial charge in [0.2, 0.25) is 0 Å². The summed E-state index contributed by atoms with van der Waals surface area (Å²) in [5.74, 6) is 0. The average Bonchev–Trinajstić information content (AvgIpc) is 3.01. The van der Waals surface area contributed by atoms with E-state index in [2.05, 4.69) is 455 Å². The standard InChI is InChI=1S/C32H12BBr24/c34-25(35,36)13-1-14(26(37,38)39)6-21(5-13)33(22-7-15(27(40,41)42)2-16(8-22)28(43,44)45,23-9-17(29(46,47)48)3-18(10-23)30(49,50)51)24-11-19(31(52,53)54)4-20(12-24)32(55,56)57/h1-12H/q-1/p+1. The highest BCUT2D eigenvalue weighted by Crippen LogP contribution is 2.53. The summed E-state index contributed by atoms with van der Waals surface area (Å²) in [5, 5.41) is 0. The van der Waals surface area contributed by atoms with Gasteiger partial charge in [0.05, 0.1) is 0 Å². The zero-order chi connectivity index (χ0) is 43.9. The summed E-state index contributed by atoms with van der Waals surface area (Å²) >= 11 is 92.8. The summed E-state index contributed by atoms with van der Waals surface area (Å²) in [7, 11) is 0. The van der Waals surface area contributed by atoms with Gasteiger partial charge in [-0.05, 0) is 68.8 Å². The maximum absolute atomic E-state index is 3.87. The van der Waals surface area contributed by atoms with E-state index in [9.17, 15) is 0 Å². The molecule has 4 aromatic carbocycles. The van der Waals surface area contributed by atoms with Gasteiger partial charge in [-0.3, -0.25) is 0 Å². The number of benzene rings is 4. The van der Waals surface area contributed by atoms with Crippen LogP contribution in [0.5, 0.6) is 0 Å². The Hall–Kier alpha value is 8.46. The first-order chi connectivity index (χ1) is 25.3. The van der Waals surface area contributed by atoms with Crippen molar-refractivity contribution in [3.05, 3.63) is 117 Å². The van der Waals surface area contributed by atoms with Crippen molar-refractivity contribution in [3.63, 3.8) is 0 Å². The smallest absolute Gasteiger partial charge is 0.194 e. The third-order valence-corrected chi connectivity index (χ3v) is 19.4. The monoisotopic (exact) mass is 2300 g/mol. The van der Waals surface area contributed by atoms with E-state index >= 15 is 0 Å². The van der Waals surface area contributed by atoms with Gasteiger partial charge in [0.25, 0.3) is 0 Å². The van der Waals surface area contributed by atoms with Crippen molar-refractivity contribution in [1.29, 1.82) is 0 Å². The molecule has 0 aliphatic carbocycles. The minimum absolute atomic E-state index is 0. The van der Waals surface area contributed by atoms with E-state index in [4.69, 9.17) is 0 Å². The summed E-state index contributed by atoms with van der Waals surface area (Å²) in [6, 6.07) is 26.0. The van der Waals surface area contributed by atoms with E-state index < -0.39 is 23.3 Å². The molecule has 312 valence electrons. The zero-order valence-corrected chi connectivity index (χ0v) is 64.6. The van der Waals surface area contributed by atoms with Crippen LogP contribution in [0.4, 0.5) is 0 Å². The molecule has 25 heteroatoms. The van der Waals surface area contributed by atoms with Crippen LogP contribution in [0.3, 0.4) is 0 Å². The van der Waals surface area contributed by atoms with Crippen LogP contribution in [-0.4, -0.2) is 6.15 Å². The maximum atomic E-state index is 3.87. The minimum atomic E-state index is -2.30. The number of hydrogen-bond donors (Lipinski definition) is 0. The fourth-order valence-electron chi connectivity index (χ4n) is 6.07. The molecule has 57 heavy (non-hydrogen) atoms. The zero-order valence-electron chi connectivity index (χ0n) is 27.6. The molecule has 0 bridgehead atoms. The van der Waals surface area contributed by atoms with Crippen LogP contribution in [-0.2, 0) is 17.1 Å². The van der Waals surface area contributed by atoms with Gasteiger partial charge in [-0.15, -0.1) is 0 Å². The molecule has 0 aliphatic heterocycles. The molecular formula is C32H13BBr24. The molecule has 0 nitrogen and oxygen atoms in total. The van der Waals surface area contributed by atoms with Gasteiger partial charge in [-0.25, -0.2) is 0 Å². The quantitative estimate of drug-likeness (QED) is 0.141. The summed E-state index contributed by atoms with van der Waals surface area (Å²) in [5.41, 5.74) is 10.9. The molecule has 4 aromatic rings. The van der Waals surface area contributed by atoms with Crippen molar-refractivity contribution in [3.8, 4) is 0 Å². The summed E-state index contributed by atoms with van der Waals surface area (Å²) < 4.78 is -6.45. The van der Waals surface area contributed by atoms with Gasteiger partial charge in [-0.1, -0.05) is 431 Å². The summed E-state index contributed by atoms with van der Waals surface area (Å²) in [6.45, 7) is 0. The molecule has 0 heterocycles. The second-order valence-corrected chi connectivity index (χ2v) is 66.3. The molecule has 4 rings (SSSR count). The van der Waals surface area contributed by atoms with Crippen molar-refractivity contribution in [2.24, 2.45) is 0 Å².